The molecule has 1 aliphatic rings. The van der Waals surface area contributed by atoms with Gasteiger partial charge in [-0.2, -0.15) is 0 Å². The third-order valence-electron chi connectivity index (χ3n) is 4.64. The molecule has 0 aromatic heterocycles. The first-order valence-electron chi connectivity index (χ1n) is 8.66. The molecule has 0 bridgehead atoms. The van der Waals surface area contributed by atoms with Crippen molar-refractivity contribution in [2.75, 3.05) is 5.32 Å². The van der Waals surface area contributed by atoms with Crippen molar-refractivity contribution >= 4 is 23.5 Å². The maximum Gasteiger partial charge on any atom is 0.325 e. The molecular weight excluding hydrogens is 370 g/mol. The molecule has 6 nitrogen and oxygen atoms in total. The van der Waals surface area contributed by atoms with Crippen LogP contribution in [-0.4, -0.2) is 28.9 Å². The molecule has 28 heavy (non-hydrogen) atoms. The zero-order valence-corrected chi connectivity index (χ0v) is 14.9. The van der Waals surface area contributed by atoms with E-state index in [0.29, 0.717) is 12.1 Å². The van der Waals surface area contributed by atoms with E-state index in [2.05, 4.69) is 10.6 Å². The second-order valence-electron chi connectivity index (χ2n) is 6.69. The molecule has 3 rings (SSSR count). The van der Waals surface area contributed by atoms with Crippen molar-refractivity contribution in [2.24, 2.45) is 5.92 Å². The van der Waals surface area contributed by atoms with Gasteiger partial charge in [0.25, 0.3) is 5.91 Å². The van der Waals surface area contributed by atoms with Gasteiger partial charge in [0.2, 0.25) is 5.91 Å². The summed E-state index contributed by atoms with van der Waals surface area (Å²) in [5, 5.41) is 13.8. The predicted molar refractivity (Wildman–Crippen MR) is 96.8 cm³/mol. The van der Waals surface area contributed by atoms with Crippen LogP contribution in [0.1, 0.15) is 35.2 Å². The minimum absolute atomic E-state index is 0.194. The number of aliphatic carboxylic acids is 1. The van der Waals surface area contributed by atoms with Crippen molar-refractivity contribution in [3.63, 3.8) is 0 Å². The molecule has 2 amide bonds. The van der Waals surface area contributed by atoms with E-state index in [-0.39, 0.29) is 23.0 Å². The highest BCUT2D eigenvalue weighted by Crippen LogP contribution is 2.49. The Hall–Kier alpha value is -3.29. The van der Waals surface area contributed by atoms with E-state index in [1.165, 1.54) is 43.3 Å². The Morgan fingerprint density at radius 1 is 1.11 bits per heavy atom. The third kappa shape index (κ3) is 4.16. The fourth-order valence-electron chi connectivity index (χ4n) is 2.92. The fraction of sp³-hybridized carbons (Fsp3) is 0.250. The first-order valence-corrected chi connectivity index (χ1v) is 8.66. The SMILES string of the molecule is CC(NC(=O)c1ccc(NC(=O)C2CC2c2cccc(F)c2F)cc1)C(=O)O. The fourth-order valence-corrected chi connectivity index (χ4v) is 2.92. The predicted octanol–water partition coefficient (Wildman–Crippen LogP) is 2.91. The number of rotatable bonds is 6. The smallest absolute Gasteiger partial charge is 0.325 e. The summed E-state index contributed by atoms with van der Waals surface area (Å²) in [5.41, 5.74) is 0.884. The summed E-state index contributed by atoms with van der Waals surface area (Å²) in [6, 6.07) is 8.83. The zero-order valence-electron chi connectivity index (χ0n) is 14.9. The average molecular weight is 388 g/mol. The molecule has 1 saturated carbocycles. The number of nitrogens with one attached hydrogen (secondary N) is 2. The zero-order chi connectivity index (χ0) is 20.4. The molecule has 3 atom stereocenters. The van der Waals surface area contributed by atoms with E-state index >= 15 is 0 Å². The van der Waals surface area contributed by atoms with Gasteiger partial charge >= 0.3 is 5.97 Å². The van der Waals surface area contributed by atoms with Crippen LogP contribution in [0.15, 0.2) is 42.5 Å². The van der Waals surface area contributed by atoms with Crippen molar-refractivity contribution in [1.29, 1.82) is 0 Å². The molecule has 3 N–H and O–H groups in total. The highest BCUT2D eigenvalue weighted by atomic mass is 19.2. The number of carbonyl (C=O) groups is 3. The molecule has 1 aliphatic carbocycles. The number of amides is 2. The van der Waals surface area contributed by atoms with Crippen LogP contribution in [0.25, 0.3) is 0 Å². The van der Waals surface area contributed by atoms with Crippen molar-refractivity contribution < 1.29 is 28.3 Å². The quantitative estimate of drug-likeness (QED) is 0.709. The number of halogens is 2. The number of carbonyl (C=O) groups excluding carboxylic acids is 2. The van der Waals surface area contributed by atoms with Crippen LogP contribution in [0.5, 0.6) is 0 Å². The average Bonchev–Trinajstić information content (AvgIpc) is 3.45. The molecular formula is C20H18F2N2O4. The molecule has 0 saturated heterocycles. The van der Waals surface area contributed by atoms with Gasteiger partial charge in [0.05, 0.1) is 0 Å². The van der Waals surface area contributed by atoms with E-state index in [9.17, 15) is 23.2 Å². The van der Waals surface area contributed by atoms with Crippen molar-refractivity contribution in [3.05, 3.63) is 65.2 Å². The maximum absolute atomic E-state index is 13.8. The number of benzene rings is 2. The van der Waals surface area contributed by atoms with Gasteiger partial charge in [-0.25, -0.2) is 8.78 Å². The highest BCUT2D eigenvalue weighted by Gasteiger charge is 2.45. The molecule has 0 aliphatic heterocycles. The van der Waals surface area contributed by atoms with Crippen molar-refractivity contribution in [2.45, 2.75) is 25.3 Å². The van der Waals surface area contributed by atoms with Crippen LogP contribution in [-0.2, 0) is 9.59 Å². The summed E-state index contributed by atoms with van der Waals surface area (Å²) in [6.07, 6.45) is 0.430. The summed E-state index contributed by atoms with van der Waals surface area (Å²) < 4.78 is 27.2. The number of hydrogen-bond donors (Lipinski definition) is 3. The summed E-state index contributed by atoms with van der Waals surface area (Å²) in [7, 11) is 0. The summed E-state index contributed by atoms with van der Waals surface area (Å²) in [4.78, 5) is 35.0. The summed E-state index contributed by atoms with van der Waals surface area (Å²) in [6.45, 7) is 1.35. The minimum Gasteiger partial charge on any atom is -0.480 e. The van der Waals surface area contributed by atoms with Gasteiger partial charge < -0.3 is 15.7 Å². The molecule has 0 spiro atoms. The van der Waals surface area contributed by atoms with E-state index in [4.69, 9.17) is 5.11 Å². The number of hydrogen-bond acceptors (Lipinski definition) is 3. The van der Waals surface area contributed by atoms with Crippen LogP contribution in [0.2, 0.25) is 0 Å². The molecule has 146 valence electrons. The Bertz CT molecular complexity index is 930. The van der Waals surface area contributed by atoms with Crippen LogP contribution >= 0.6 is 0 Å². The van der Waals surface area contributed by atoms with Crippen LogP contribution in [0.3, 0.4) is 0 Å². The van der Waals surface area contributed by atoms with E-state index in [0.717, 1.165) is 6.07 Å². The lowest BCUT2D eigenvalue weighted by molar-refractivity contribution is -0.138. The molecule has 2 aromatic carbocycles. The first kappa shape index (κ1) is 19.5. The van der Waals surface area contributed by atoms with Gasteiger partial charge in [-0.1, -0.05) is 12.1 Å². The highest BCUT2D eigenvalue weighted by molar-refractivity contribution is 5.98. The lowest BCUT2D eigenvalue weighted by Crippen LogP contribution is -2.38. The van der Waals surface area contributed by atoms with Gasteiger partial charge in [0.1, 0.15) is 6.04 Å². The topological polar surface area (TPSA) is 95.5 Å². The molecule has 0 radical (unpaired) electrons. The third-order valence-corrected chi connectivity index (χ3v) is 4.64. The van der Waals surface area contributed by atoms with Gasteiger partial charge in [0, 0.05) is 17.2 Å². The Balaban J connectivity index is 1.59. The van der Waals surface area contributed by atoms with Crippen LogP contribution < -0.4 is 10.6 Å². The minimum atomic E-state index is -1.15. The van der Waals surface area contributed by atoms with Gasteiger partial charge in [-0.05, 0) is 55.2 Å². The molecule has 0 heterocycles. The summed E-state index contributed by atoms with van der Waals surface area (Å²) >= 11 is 0. The standard InChI is InChI=1S/C20H18F2N2O4/c1-10(20(27)28)23-18(25)11-5-7-12(8-6-11)24-19(26)15-9-14(15)13-3-2-4-16(21)17(13)22/h2-8,10,14-15H,9H2,1H3,(H,23,25)(H,24,26)(H,27,28). The lowest BCUT2D eigenvalue weighted by Gasteiger charge is -2.10. The van der Waals surface area contributed by atoms with E-state index in [1.54, 1.807) is 0 Å². The normalized spacial score (nSPS) is 18.8. The van der Waals surface area contributed by atoms with E-state index < -0.39 is 35.5 Å². The molecule has 3 unspecified atom stereocenters. The van der Waals surface area contributed by atoms with Crippen LogP contribution in [0.4, 0.5) is 14.5 Å². The second-order valence-corrected chi connectivity index (χ2v) is 6.69. The Morgan fingerprint density at radius 2 is 1.79 bits per heavy atom. The van der Waals surface area contributed by atoms with Gasteiger partial charge in [-0.3, -0.25) is 14.4 Å². The monoisotopic (exact) mass is 388 g/mol. The summed E-state index contributed by atoms with van der Waals surface area (Å²) in [5.74, 6) is -4.68. The molecule has 1 fully saturated rings. The van der Waals surface area contributed by atoms with Crippen molar-refractivity contribution in [3.8, 4) is 0 Å². The number of carboxylic acids is 1. The van der Waals surface area contributed by atoms with Crippen molar-refractivity contribution in [1.82, 2.24) is 5.32 Å². The van der Waals surface area contributed by atoms with Gasteiger partial charge in [-0.15, -0.1) is 0 Å². The maximum atomic E-state index is 13.8. The Kier molecular flexibility index (Phi) is 5.39. The number of anilines is 1. The lowest BCUT2D eigenvalue weighted by atomic mass is 10.1. The Morgan fingerprint density at radius 3 is 2.43 bits per heavy atom. The van der Waals surface area contributed by atoms with Crippen LogP contribution in [0, 0.1) is 17.6 Å². The molecule has 8 heteroatoms. The molecule has 2 aromatic rings. The second kappa shape index (κ2) is 7.75. The van der Waals surface area contributed by atoms with Gasteiger partial charge in [0.15, 0.2) is 11.6 Å². The largest absolute Gasteiger partial charge is 0.480 e. The van der Waals surface area contributed by atoms with E-state index in [1.807, 2.05) is 0 Å². The number of carboxylic acid groups (broad SMARTS) is 1. The first-order chi connectivity index (χ1) is 13.3. The Labute approximate surface area is 159 Å².